The Kier molecular flexibility index (Phi) is 3.57. The molecule has 1 unspecified atom stereocenters. The number of benzene rings is 2. The van der Waals surface area contributed by atoms with Gasteiger partial charge >= 0.3 is 5.76 Å². The van der Waals surface area contributed by atoms with Crippen LogP contribution in [-0.2, 0) is 0 Å². The van der Waals surface area contributed by atoms with E-state index in [-0.39, 0.29) is 0 Å². The monoisotopic (exact) mass is 401 g/mol. The Bertz CT molecular complexity index is 840. The fraction of sp³-hybridized carbons (Fsp3) is 0.0714. The molecule has 0 radical (unpaired) electrons. The summed E-state index contributed by atoms with van der Waals surface area (Å²) in [5.41, 5.74) is 2.35. The van der Waals surface area contributed by atoms with Crippen molar-refractivity contribution in [3.8, 4) is 0 Å². The first-order valence-corrected chi connectivity index (χ1v) is 7.26. The van der Waals surface area contributed by atoms with E-state index in [1.54, 1.807) is 24.3 Å². The zero-order valence-corrected chi connectivity index (χ0v) is 13.0. The third-order valence-electron chi connectivity index (χ3n) is 3.02. The molecule has 2 aromatic carbocycles. The van der Waals surface area contributed by atoms with Crippen LogP contribution in [0.15, 0.2) is 45.6 Å². The minimum Gasteiger partial charge on any atom is -0.408 e. The summed E-state index contributed by atoms with van der Waals surface area (Å²) in [7, 11) is 0. The second-order valence-electron chi connectivity index (χ2n) is 4.35. The van der Waals surface area contributed by atoms with Gasteiger partial charge in [-0.05, 0) is 58.0 Å². The first kappa shape index (κ1) is 13.7. The fourth-order valence-corrected chi connectivity index (χ4v) is 2.53. The Morgan fingerprint density at radius 2 is 1.90 bits per heavy atom. The Morgan fingerprint density at radius 3 is 2.65 bits per heavy atom. The molecule has 0 saturated carbocycles. The summed E-state index contributed by atoms with van der Waals surface area (Å²) in [5.74, 6) is -0.510. The number of aliphatic hydroxyl groups is 1. The number of fused-ring (bicyclic) bond motifs is 1. The van der Waals surface area contributed by atoms with E-state index in [2.05, 4.69) is 27.6 Å². The van der Waals surface area contributed by atoms with Crippen molar-refractivity contribution in [2.75, 3.05) is 0 Å². The molecule has 3 aromatic rings. The lowest BCUT2D eigenvalue weighted by Gasteiger charge is -2.12. The van der Waals surface area contributed by atoms with E-state index >= 15 is 0 Å². The highest BCUT2D eigenvalue weighted by Crippen LogP contribution is 2.28. The van der Waals surface area contributed by atoms with Gasteiger partial charge in [-0.25, -0.2) is 4.79 Å². The van der Waals surface area contributed by atoms with Crippen LogP contribution in [0.3, 0.4) is 0 Å². The van der Waals surface area contributed by atoms with Gasteiger partial charge in [0, 0.05) is 3.57 Å². The molecule has 1 heterocycles. The number of oxazole rings is 1. The summed E-state index contributed by atoms with van der Waals surface area (Å²) in [5, 5.41) is 11.0. The van der Waals surface area contributed by atoms with Gasteiger partial charge in [-0.15, -0.1) is 0 Å². The van der Waals surface area contributed by atoms with Gasteiger partial charge in [0.15, 0.2) is 5.58 Å². The molecule has 102 valence electrons. The number of hydrogen-bond acceptors (Lipinski definition) is 3. The number of aliphatic hydroxyl groups excluding tert-OH is 1. The molecule has 1 atom stereocenters. The normalized spacial score (nSPS) is 12.8. The van der Waals surface area contributed by atoms with Crippen LogP contribution in [0.2, 0.25) is 5.02 Å². The molecule has 4 nitrogen and oxygen atoms in total. The molecule has 0 aliphatic carbocycles. The zero-order chi connectivity index (χ0) is 14.3. The maximum Gasteiger partial charge on any atom is 0.417 e. The summed E-state index contributed by atoms with van der Waals surface area (Å²) in [6.07, 6.45) is -0.825. The number of aromatic nitrogens is 1. The molecule has 3 rings (SSSR count). The highest BCUT2D eigenvalue weighted by Gasteiger charge is 2.13. The fourth-order valence-electron chi connectivity index (χ4n) is 2.01. The molecular formula is C14H9ClINO3. The second-order valence-corrected chi connectivity index (χ2v) is 5.92. The maximum atomic E-state index is 11.1. The van der Waals surface area contributed by atoms with Crippen molar-refractivity contribution in [2.45, 2.75) is 6.10 Å². The lowest BCUT2D eigenvalue weighted by molar-refractivity contribution is 0.220. The highest BCUT2D eigenvalue weighted by atomic mass is 127. The van der Waals surface area contributed by atoms with Gasteiger partial charge in [0.1, 0.15) is 6.10 Å². The predicted molar refractivity (Wildman–Crippen MR) is 85.1 cm³/mol. The Morgan fingerprint density at radius 1 is 1.20 bits per heavy atom. The molecule has 0 aliphatic rings. The van der Waals surface area contributed by atoms with Gasteiger partial charge in [0.2, 0.25) is 0 Å². The highest BCUT2D eigenvalue weighted by molar-refractivity contribution is 14.1. The average Bonchev–Trinajstić information content (AvgIpc) is 2.80. The van der Waals surface area contributed by atoms with Gasteiger partial charge in [-0.2, -0.15) is 0 Å². The summed E-state index contributed by atoms with van der Waals surface area (Å²) in [6, 6.07) is 10.5. The number of hydrogen-bond donors (Lipinski definition) is 2. The van der Waals surface area contributed by atoms with Crippen molar-refractivity contribution >= 4 is 45.3 Å². The lowest BCUT2D eigenvalue weighted by atomic mass is 10.0. The Balaban J connectivity index is 2.04. The molecule has 0 bridgehead atoms. The van der Waals surface area contributed by atoms with E-state index < -0.39 is 11.9 Å². The third-order valence-corrected chi connectivity index (χ3v) is 4.59. The smallest absolute Gasteiger partial charge is 0.408 e. The molecule has 0 saturated heterocycles. The Labute approximate surface area is 132 Å². The molecule has 0 aliphatic heterocycles. The van der Waals surface area contributed by atoms with Crippen LogP contribution in [0.4, 0.5) is 0 Å². The third kappa shape index (κ3) is 2.48. The van der Waals surface area contributed by atoms with Crippen molar-refractivity contribution in [2.24, 2.45) is 0 Å². The van der Waals surface area contributed by atoms with Crippen LogP contribution in [0.1, 0.15) is 17.2 Å². The topological polar surface area (TPSA) is 66.2 Å². The molecular weight excluding hydrogens is 393 g/mol. The van der Waals surface area contributed by atoms with Crippen LogP contribution in [0.25, 0.3) is 11.1 Å². The minimum atomic E-state index is -0.825. The number of H-pyrrole nitrogens is 1. The van der Waals surface area contributed by atoms with Crippen LogP contribution in [-0.4, -0.2) is 10.1 Å². The van der Waals surface area contributed by atoms with E-state index in [4.69, 9.17) is 16.0 Å². The maximum absolute atomic E-state index is 11.1. The molecule has 0 amide bonds. The van der Waals surface area contributed by atoms with E-state index in [0.29, 0.717) is 27.2 Å². The first-order chi connectivity index (χ1) is 9.54. The lowest BCUT2D eigenvalue weighted by Crippen LogP contribution is -1.99. The van der Waals surface area contributed by atoms with E-state index in [1.165, 1.54) is 0 Å². The van der Waals surface area contributed by atoms with Gasteiger partial charge in [0.05, 0.1) is 10.5 Å². The molecule has 6 heteroatoms. The van der Waals surface area contributed by atoms with Gasteiger partial charge < -0.3 is 9.52 Å². The van der Waals surface area contributed by atoms with Gasteiger partial charge in [-0.1, -0.05) is 23.7 Å². The predicted octanol–water partition coefficient (Wildman–Crippen LogP) is 3.46. The van der Waals surface area contributed by atoms with E-state index in [1.807, 2.05) is 12.1 Å². The second kappa shape index (κ2) is 5.23. The largest absolute Gasteiger partial charge is 0.417 e. The summed E-state index contributed by atoms with van der Waals surface area (Å²) < 4.78 is 5.91. The van der Waals surface area contributed by atoms with Gasteiger partial charge in [0.25, 0.3) is 0 Å². The SMILES string of the molecule is O=c1[nH]c2ccc(C(O)c3ccc(I)c(Cl)c3)cc2o1. The van der Waals surface area contributed by atoms with E-state index in [0.717, 1.165) is 3.57 Å². The number of nitrogens with one attached hydrogen (secondary N) is 1. The first-order valence-electron chi connectivity index (χ1n) is 5.80. The summed E-state index contributed by atoms with van der Waals surface area (Å²) in [6.45, 7) is 0. The van der Waals surface area contributed by atoms with Crippen molar-refractivity contribution in [1.82, 2.24) is 4.98 Å². The molecule has 0 fully saturated rings. The van der Waals surface area contributed by atoms with Gasteiger partial charge in [-0.3, -0.25) is 4.98 Å². The van der Waals surface area contributed by atoms with Crippen LogP contribution in [0.5, 0.6) is 0 Å². The number of aromatic amines is 1. The number of rotatable bonds is 2. The van der Waals surface area contributed by atoms with Crippen molar-refractivity contribution in [1.29, 1.82) is 0 Å². The molecule has 2 N–H and O–H groups in total. The quantitative estimate of drug-likeness (QED) is 0.646. The average molecular weight is 402 g/mol. The Hall–Kier alpha value is -1.31. The van der Waals surface area contributed by atoms with Crippen LogP contribution >= 0.6 is 34.2 Å². The van der Waals surface area contributed by atoms with Crippen molar-refractivity contribution < 1.29 is 9.52 Å². The van der Waals surface area contributed by atoms with Crippen molar-refractivity contribution in [3.63, 3.8) is 0 Å². The summed E-state index contributed by atoms with van der Waals surface area (Å²) >= 11 is 8.19. The van der Waals surface area contributed by atoms with Crippen LogP contribution < -0.4 is 5.76 Å². The molecule has 20 heavy (non-hydrogen) atoms. The van der Waals surface area contributed by atoms with Crippen LogP contribution in [0, 0.1) is 3.57 Å². The molecule has 0 spiro atoms. The number of halogens is 2. The van der Waals surface area contributed by atoms with E-state index in [9.17, 15) is 9.90 Å². The standard InChI is InChI=1S/C14H9ClINO3/c15-9-5-7(1-3-10(9)16)13(18)8-2-4-11-12(6-8)20-14(19)17-11/h1-6,13,18H,(H,17,19). The minimum absolute atomic E-state index is 0.420. The summed E-state index contributed by atoms with van der Waals surface area (Å²) in [4.78, 5) is 13.7. The zero-order valence-electron chi connectivity index (χ0n) is 10.1. The molecule has 1 aromatic heterocycles. The van der Waals surface area contributed by atoms with Crippen molar-refractivity contribution in [3.05, 3.63) is 66.7 Å².